The maximum absolute atomic E-state index is 11.4. The summed E-state index contributed by atoms with van der Waals surface area (Å²) in [7, 11) is 1.78. The van der Waals surface area contributed by atoms with E-state index in [9.17, 15) is 4.79 Å². The van der Waals surface area contributed by atoms with Gasteiger partial charge in [0.25, 0.3) is 0 Å². The summed E-state index contributed by atoms with van der Waals surface area (Å²) in [5.41, 5.74) is 5.42. The first-order valence-electron chi connectivity index (χ1n) is 4.38. The van der Waals surface area contributed by atoms with Gasteiger partial charge in [0, 0.05) is 19.7 Å². The molecule has 2 heterocycles. The molecule has 1 atom stereocenters. The number of rotatable bonds is 2. The molecule has 2 N–H and O–H groups in total. The van der Waals surface area contributed by atoms with Crippen LogP contribution in [0.15, 0.2) is 12.3 Å². The number of carbonyl (C=O) groups is 1. The Kier molecular flexibility index (Phi) is 3.54. The van der Waals surface area contributed by atoms with Crippen LogP contribution in [-0.2, 0) is 11.8 Å². The number of hydrogen-bond acceptors (Lipinski definition) is 4. The van der Waals surface area contributed by atoms with Crippen molar-refractivity contribution in [2.45, 2.75) is 6.10 Å². The molecule has 1 aromatic rings. The highest BCUT2D eigenvalue weighted by molar-refractivity contribution is 5.88. The monoisotopic (exact) mass is 232 g/mol. The van der Waals surface area contributed by atoms with Crippen LogP contribution in [-0.4, -0.2) is 35.1 Å². The third kappa shape index (κ3) is 2.05. The van der Waals surface area contributed by atoms with Gasteiger partial charge in [-0.25, -0.2) is 4.79 Å². The number of amides is 1. The number of cyclic esters (lactones) is 1. The van der Waals surface area contributed by atoms with Gasteiger partial charge in [0.2, 0.25) is 0 Å². The highest BCUT2D eigenvalue weighted by Crippen LogP contribution is 2.19. The third-order valence-corrected chi connectivity index (χ3v) is 2.21. The zero-order valence-electron chi connectivity index (χ0n) is 8.29. The number of carbonyl (C=O) groups excluding carboxylic acids is 1. The fourth-order valence-electron chi connectivity index (χ4n) is 1.46. The highest BCUT2D eigenvalue weighted by Gasteiger charge is 2.32. The second-order valence-corrected chi connectivity index (χ2v) is 3.17. The van der Waals surface area contributed by atoms with Crippen LogP contribution in [0, 0.1) is 0 Å². The molecule has 0 radical (unpaired) electrons. The van der Waals surface area contributed by atoms with Crippen LogP contribution < -0.4 is 10.6 Å². The Bertz CT molecular complexity index is 354. The van der Waals surface area contributed by atoms with Gasteiger partial charge in [-0.1, -0.05) is 0 Å². The van der Waals surface area contributed by atoms with Crippen molar-refractivity contribution in [3.05, 3.63) is 12.3 Å². The number of aromatic nitrogens is 2. The lowest BCUT2D eigenvalue weighted by Crippen LogP contribution is -2.28. The lowest BCUT2D eigenvalue weighted by Gasteiger charge is -2.11. The molecule has 15 heavy (non-hydrogen) atoms. The largest absolute Gasteiger partial charge is 0.443 e. The average molecular weight is 233 g/mol. The van der Waals surface area contributed by atoms with Gasteiger partial charge < -0.3 is 10.5 Å². The fraction of sp³-hybridized carbons (Fsp3) is 0.500. The number of hydrogen-bond donors (Lipinski definition) is 1. The van der Waals surface area contributed by atoms with Crippen molar-refractivity contribution in [2.24, 2.45) is 12.8 Å². The SMILES string of the molecule is Cl.Cn1nccc1N1CC(CN)OC1=O. The zero-order chi connectivity index (χ0) is 10.1. The van der Waals surface area contributed by atoms with Crippen LogP contribution in [0.2, 0.25) is 0 Å². The molecule has 0 aliphatic carbocycles. The minimum Gasteiger partial charge on any atom is -0.443 e. The summed E-state index contributed by atoms with van der Waals surface area (Å²) in [5, 5.41) is 3.98. The van der Waals surface area contributed by atoms with Crippen LogP contribution in [0.1, 0.15) is 0 Å². The Balaban J connectivity index is 0.00000112. The van der Waals surface area contributed by atoms with Crippen LogP contribution in [0.25, 0.3) is 0 Å². The molecule has 84 valence electrons. The van der Waals surface area contributed by atoms with Gasteiger partial charge >= 0.3 is 6.09 Å². The van der Waals surface area contributed by atoms with Crippen molar-refractivity contribution >= 4 is 24.3 Å². The Hall–Kier alpha value is -1.27. The van der Waals surface area contributed by atoms with E-state index >= 15 is 0 Å². The molecule has 2 rings (SSSR count). The van der Waals surface area contributed by atoms with Crippen molar-refractivity contribution in [3.8, 4) is 0 Å². The second-order valence-electron chi connectivity index (χ2n) is 3.17. The third-order valence-electron chi connectivity index (χ3n) is 2.21. The Morgan fingerprint density at radius 1 is 1.73 bits per heavy atom. The molecular weight excluding hydrogens is 220 g/mol. The fourth-order valence-corrected chi connectivity index (χ4v) is 1.46. The number of anilines is 1. The van der Waals surface area contributed by atoms with Gasteiger partial charge in [-0.15, -0.1) is 12.4 Å². The molecule has 0 spiro atoms. The van der Waals surface area contributed by atoms with E-state index in [1.54, 1.807) is 24.0 Å². The maximum Gasteiger partial charge on any atom is 0.415 e. The summed E-state index contributed by atoms with van der Waals surface area (Å²) in [6.45, 7) is 0.842. The van der Waals surface area contributed by atoms with E-state index in [0.29, 0.717) is 13.1 Å². The summed E-state index contributed by atoms with van der Waals surface area (Å²) in [6, 6.07) is 1.76. The summed E-state index contributed by atoms with van der Waals surface area (Å²) in [4.78, 5) is 12.9. The first-order valence-corrected chi connectivity index (χ1v) is 4.38. The van der Waals surface area contributed by atoms with Gasteiger partial charge in [0.05, 0.1) is 12.7 Å². The van der Waals surface area contributed by atoms with E-state index < -0.39 is 0 Å². The first-order chi connectivity index (χ1) is 6.72. The van der Waals surface area contributed by atoms with Crippen LogP contribution >= 0.6 is 12.4 Å². The molecule has 1 saturated heterocycles. The van der Waals surface area contributed by atoms with Crippen molar-refractivity contribution < 1.29 is 9.53 Å². The summed E-state index contributed by atoms with van der Waals surface area (Å²) in [5.74, 6) is 0.728. The van der Waals surface area contributed by atoms with Crippen molar-refractivity contribution in [1.29, 1.82) is 0 Å². The van der Waals surface area contributed by atoms with Crippen LogP contribution in [0.3, 0.4) is 0 Å². The first kappa shape index (κ1) is 11.8. The van der Waals surface area contributed by atoms with E-state index in [4.69, 9.17) is 10.5 Å². The molecule has 1 aromatic heterocycles. The Morgan fingerprint density at radius 3 is 2.93 bits per heavy atom. The van der Waals surface area contributed by atoms with Crippen LogP contribution in [0.5, 0.6) is 0 Å². The summed E-state index contributed by atoms with van der Waals surface area (Å²) < 4.78 is 6.65. The molecule has 1 aliphatic heterocycles. The van der Waals surface area contributed by atoms with Crippen LogP contribution in [0.4, 0.5) is 10.6 Å². The zero-order valence-corrected chi connectivity index (χ0v) is 9.11. The smallest absolute Gasteiger partial charge is 0.415 e. The van der Waals surface area contributed by atoms with E-state index in [2.05, 4.69) is 5.10 Å². The predicted octanol–water partition coefficient (Wildman–Crippen LogP) is 0.126. The lowest BCUT2D eigenvalue weighted by molar-refractivity contribution is 0.145. The number of nitrogens with zero attached hydrogens (tertiary/aromatic N) is 3. The maximum atomic E-state index is 11.4. The standard InChI is InChI=1S/C8H12N4O2.ClH/c1-11-7(2-3-10-11)12-5-6(4-9)14-8(12)13;/h2-3,6H,4-5,9H2,1H3;1H. The van der Waals surface area contributed by atoms with E-state index in [1.165, 1.54) is 4.90 Å². The number of aryl methyl sites for hydroxylation is 1. The number of nitrogens with two attached hydrogens (primary N) is 1. The quantitative estimate of drug-likeness (QED) is 0.787. The minimum atomic E-state index is -0.357. The normalized spacial score (nSPS) is 20.0. The van der Waals surface area contributed by atoms with Gasteiger partial charge in [-0.05, 0) is 0 Å². The molecule has 1 unspecified atom stereocenters. The van der Waals surface area contributed by atoms with E-state index in [-0.39, 0.29) is 24.6 Å². The molecule has 0 saturated carbocycles. The van der Waals surface area contributed by atoms with Gasteiger partial charge in [-0.3, -0.25) is 9.58 Å². The Morgan fingerprint density at radius 2 is 2.47 bits per heavy atom. The molecular formula is C8H13ClN4O2. The van der Waals surface area contributed by atoms with Crippen molar-refractivity contribution in [3.63, 3.8) is 0 Å². The highest BCUT2D eigenvalue weighted by atomic mass is 35.5. The summed E-state index contributed by atoms with van der Waals surface area (Å²) >= 11 is 0. The van der Waals surface area contributed by atoms with Gasteiger partial charge in [0.1, 0.15) is 11.9 Å². The molecule has 7 heteroatoms. The predicted molar refractivity (Wildman–Crippen MR) is 57.1 cm³/mol. The molecule has 0 aromatic carbocycles. The topological polar surface area (TPSA) is 73.4 Å². The number of ether oxygens (including phenoxy) is 1. The molecule has 1 fully saturated rings. The molecule has 6 nitrogen and oxygen atoms in total. The van der Waals surface area contributed by atoms with Gasteiger partial charge in [-0.2, -0.15) is 5.10 Å². The lowest BCUT2D eigenvalue weighted by atomic mass is 10.3. The van der Waals surface area contributed by atoms with E-state index in [0.717, 1.165) is 5.82 Å². The molecule has 1 aliphatic rings. The van der Waals surface area contributed by atoms with E-state index in [1.807, 2.05) is 0 Å². The average Bonchev–Trinajstić information content (AvgIpc) is 2.72. The van der Waals surface area contributed by atoms with Crippen molar-refractivity contribution in [2.75, 3.05) is 18.0 Å². The second kappa shape index (κ2) is 4.50. The van der Waals surface area contributed by atoms with Gasteiger partial charge in [0.15, 0.2) is 0 Å². The number of halogens is 1. The Labute approximate surface area is 93.4 Å². The minimum absolute atomic E-state index is 0. The molecule has 1 amide bonds. The van der Waals surface area contributed by atoms with Crippen molar-refractivity contribution in [1.82, 2.24) is 9.78 Å². The molecule has 0 bridgehead atoms. The summed E-state index contributed by atoms with van der Waals surface area (Å²) in [6.07, 6.45) is 1.07.